The molecule has 8 heteroatoms. The van der Waals surface area contributed by atoms with Gasteiger partial charge in [0.15, 0.2) is 17.3 Å². The van der Waals surface area contributed by atoms with Gasteiger partial charge in [-0.25, -0.2) is 0 Å². The number of halogens is 2. The topological polar surface area (TPSA) is 64.6 Å². The lowest BCUT2D eigenvalue weighted by Gasteiger charge is -2.10. The van der Waals surface area contributed by atoms with Crippen molar-refractivity contribution in [3.63, 3.8) is 0 Å². The van der Waals surface area contributed by atoms with E-state index < -0.39 is 5.91 Å². The van der Waals surface area contributed by atoms with E-state index in [0.717, 1.165) is 11.3 Å². The van der Waals surface area contributed by atoms with Crippen molar-refractivity contribution in [1.82, 2.24) is 0 Å². The van der Waals surface area contributed by atoms with Gasteiger partial charge in [-0.2, -0.15) is 0 Å². The fraction of sp³-hybridized carbons (Fsp3) is 0.143. The zero-order valence-corrected chi connectivity index (χ0v) is 13.6. The van der Waals surface area contributed by atoms with Crippen LogP contribution in [-0.4, -0.2) is 18.5 Å². The second-order valence-corrected chi connectivity index (χ2v) is 6.78. The summed E-state index contributed by atoms with van der Waals surface area (Å²) in [5.74, 6) is 0.284. The van der Waals surface area contributed by atoms with Crippen molar-refractivity contribution < 1.29 is 19.1 Å². The molecule has 0 unspecified atom stereocenters. The lowest BCUT2D eigenvalue weighted by Crippen LogP contribution is -2.14. The number of Topliss-reactive ketones (excluding diaryl/α,β-unsaturated/α-hetero) is 1. The van der Waals surface area contributed by atoms with Crippen LogP contribution in [0.2, 0.25) is 8.67 Å². The molecule has 0 radical (unpaired) electrons. The van der Waals surface area contributed by atoms with Gasteiger partial charge in [-0.15, -0.1) is 11.3 Å². The Morgan fingerprint density at radius 1 is 1.14 bits per heavy atom. The smallest absolute Gasteiger partial charge is 0.258 e. The summed E-state index contributed by atoms with van der Waals surface area (Å²) >= 11 is 12.9. The number of thiophene rings is 1. The minimum absolute atomic E-state index is 0.0794. The SMILES string of the molecule is CC(=O)c1cc2c(cc1NC(=O)c1cc(Cl)sc1Cl)OCO2. The first-order chi connectivity index (χ1) is 10.5. The average molecular weight is 358 g/mol. The first-order valence-corrected chi connectivity index (χ1v) is 7.73. The summed E-state index contributed by atoms with van der Waals surface area (Å²) in [6.07, 6.45) is 0. The number of rotatable bonds is 3. The van der Waals surface area contributed by atoms with E-state index in [9.17, 15) is 9.59 Å². The summed E-state index contributed by atoms with van der Waals surface area (Å²) < 4.78 is 11.2. The van der Waals surface area contributed by atoms with Crippen LogP contribution in [0, 0.1) is 0 Å². The van der Waals surface area contributed by atoms with Gasteiger partial charge in [-0.1, -0.05) is 23.2 Å². The summed E-state index contributed by atoms with van der Waals surface area (Å²) in [4.78, 5) is 24.1. The third kappa shape index (κ3) is 2.77. The normalized spacial score (nSPS) is 12.3. The van der Waals surface area contributed by atoms with Crippen LogP contribution in [0.5, 0.6) is 11.5 Å². The van der Waals surface area contributed by atoms with E-state index in [-0.39, 0.29) is 22.5 Å². The maximum Gasteiger partial charge on any atom is 0.258 e. The zero-order chi connectivity index (χ0) is 15.9. The first kappa shape index (κ1) is 15.1. The quantitative estimate of drug-likeness (QED) is 0.834. The van der Waals surface area contributed by atoms with Gasteiger partial charge in [0.05, 0.1) is 15.6 Å². The van der Waals surface area contributed by atoms with Crippen molar-refractivity contribution in [2.75, 3.05) is 12.1 Å². The molecule has 0 aliphatic carbocycles. The Kier molecular flexibility index (Phi) is 3.99. The number of carbonyl (C=O) groups is 2. The third-order valence-electron chi connectivity index (χ3n) is 3.04. The largest absolute Gasteiger partial charge is 0.454 e. The van der Waals surface area contributed by atoms with Crippen LogP contribution in [0.25, 0.3) is 0 Å². The molecule has 5 nitrogen and oxygen atoms in total. The standard InChI is InChI=1S/C14H9Cl2NO4S/c1-6(18)7-2-10-11(21-5-20-10)4-9(7)17-14(19)8-3-12(15)22-13(8)16/h2-4H,5H2,1H3,(H,17,19). The summed E-state index contributed by atoms with van der Waals surface area (Å²) in [6, 6.07) is 4.58. The van der Waals surface area contributed by atoms with E-state index in [4.69, 9.17) is 32.7 Å². The number of anilines is 1. The van der Waals surface area contributed by atoms with Crippen molar-refractivity contribution in [3.8, 4) is 11.5 Å². The van der Waals surface area contributed by atoms with Gasteiger partial charge in [0, 0.05) is 11.6 Å². The van der Waals surface area contributed by atoms with E-state index in [1.165, 1.54) is 13.0 Å². The molecule has 1 aliphatic rings. The lowest BCUT2D eigenvalue weighted by atomic mass is 10.1. The van der Waals surface area contributed by atoms with Crippen LogP contribution in [0.1, 0.15) is 27.6 Å². The average Bonchev–Trinajstić information content (AvgIpc) is 3.03. The van der Waals surface area contributed by atoms with E-state index >= 15 is 0 Å². The van der Waals surface area contributed by atoms with Crippen LogP contribution >= 0.6 is 34.5 Å². The summed E-state index contributed by atoms with van der Waals surface area (Å²) in [7, 11) is 0. The summed E-state index contributed by atoms with van der Waals surface area (Å²) in [5.41, 5.74) is 0.916. The highest BCUT2D eigenvalue weighted by Crippen LogP contribution is 2.38. The summed E-state index contributed by atoms with van der Waals surface area (Å²) in [6.45, 7) is 1.48. The molecule has 22 heavy (non-hydrogen) atoms. The predicted octanol–water partition coefficient (Wildman–Crippen LogP) is 4.24. The van der Waals surface area contributed by atoms with Crippen LogP contribution in [0.15, 0.2) is 18.2 Å². The molecule has 0 bridgehead atoms. The number of ether oxygens (including phenoxy) is 2. The molecule has 1 aromatic carbocycles. The highest BCUT2D eigenvalue weighted by molar-refractivity contribution is 7.20. The molecule has 1 aromatic heterocycles. The van der Waals surface area contributed by atoms with E-state index in [1.54, 1.807) is 12.1 Å². The van der Waals surface area contributed by atoms with Gasteiger partial charge >= 0.3 is 0 Å². The Balaban J connectivity index is 1.96. The molecule has 2 aromatic rings. The molecule has 0 saturated heterocycles. The molecular weight excluding hydrogens is 349 g/mol. The number of nitrogens with one attached hydrogen (secondary N) is 1. The first-order valence-electron chi connectivity index (χ1n) is 6.16. The minimum Gasteiger partial charge on any atom is -0.454 e. The lowest BCUT2D eigenvalue weighted by molar-refractivity contribution is 0.101. The molecule has 1 amide bonds. The van der Waals surface area contributed by atoms with Crippen LogP contribution in [0.4, 0.5) is 5.69 Å². The number of fused-ring (bicyclic) bond motifs is 1. The molecule has 1 N–H and O–H groups in total. The molecular formula is C14H9Cl2NO4S. The zero-order valence-electron chi connectivity index (χ0n) is 11.2. The highest BCUT2D eigenvalue weighted by atomic mass is 35.5. The fourth-order valence-corrected chi connectivity index (χ4v) is 3.48. The van der Waals surface area contributed by atoms with Gasteiger partial charge in [-0.3, -0.25) is 9.59 Å². The van der Waals surface area contributed by atoms with Crippen molar-refractivity contribution in [1.29, 1.82) is 0 Å². The Hall–Kier alpha value is -1.76. The van der Waals surface area contributed by atoms with Gasteiger partial charge in [-0.05, 0) is 19.1 Å². The molecule has 3 rings (SSSR count). The molecule has 2 heterocycles. The number of carbonyl (C=O) groups excluding carboxylic acids is 2. The van der Waals surface area contributed by atoms with Gasteiger partial charge in [0.2, 0.25) is 6.79 Å². The maximum atomic E-state index is 12.3. The van der Waals surface area contributed by atoms with Crippen molar-refractivity contribution in [2.24, 2.45) is 0 Å². The predicted molar refractivity (Wildman–Crippen MR) is 84.9 cm³/mol. The van der Waals surface area contributed by atoms with Gasteiger partial charge in [0.25, 0.3) is 5.91 Å². The second kappa shape index (κ2) is 5.79. The molecule has 0 atom stereocenters. The van der Waals surface area contributed by atoms with Gasteiger partial charge in [0.1, 0.15) is 4.34 Å². The Bertz CT molecular complexity index is 787. The van der Waals surface area contributed by atoms with Crippen molar-refractivity contribution in [3.05, 3.63) is 38.0 Å². The number of benzene rings is 1. The summed E-state index contributed by atoms with van der Waals surface area (Å²) in [5, 5.41) is 2.66. The molecule has 114 valence electrons. The Morgan fingerprint density at radius 3 is 2.41 bits per heavy atom. The minimum atomic E-state index is -0.450. The van der Waals surface area contributed by atoms with Crippen molar-refractivity contribution in [2.45, 2.75) is 6.92 Å². The number of amides is 1. The van der Waals surface area contributed by atoms with Crippen LogP contribution < -0.4 is 14.8 Å². The van der Waals surface area contributed by atoms with Crippen LogP contribution in [-0.2, 0) is 0 Å². The molecule has 0 fully saturated rings. The molecule has 0 saturated carbocycles. The van der Waals surface area contributed by atoms with E-state index in [1.807, 2.05) is 0 Å². The monoisotopic (exact) mass is 357 g/mol. The Morgan fingerprint density at radius 2 is 1.82 bits per heavy atom. The highest BCUT2D eigenvalue weighted by Gasteiger charge is 2.22. The van der Waals surface area contributed by atoms with E-state index in [2.05, 4.69) is 5.32 Å². The maximum absolute atomic E-state index is 12.3. The van der Waals surface area contributed by atoms with Gasteiger partial charge < -0.3 is 14.8 Å². The molecule has 0 spiro atoms. The Labute approximate surface area is 139 Å². The number of ketones is 1. The number of hydrogen-bond acceptors (Lipinski definition) is 5. The second-order valence-electron chi connectivity index (χ2n) is 4.50. The molecule has 1 aliphatic heterocycles. The third-order valence-corrected chi connectivity index (χ3v) is 4.53. The number of hydrogen-bond donors (Lipinski definition) is 1. The van der Waals surface area contributed by atoms with Crippen LogP contribution in [0.3, 0.4) is 0 Å². The fourth-order valence-electron chi connectivity index (χ4n) is 2.02. The van der Waals surface area contributed by atoms with Crippen molar-refractivity contribution >= 4 is 51.9 Å². The van der Waals surface area contributed by atoms with E-state index in [0.29, 0.717) is 27.1 Å².